The van der Waals surface area contributed by atoms with Crippen LogP contribution in [0.4, 0.5) is 0 Å². The minimum Gasteiger partial charge on any atom is -0.481 e. The van der Waals surface area contributed by atoms with Crippen molar-refractivity contribution in [2.24, 2.45) is 5.92 Å². The van der Waals surface area contributed by atoms with E-state index < -0.39 is 0 Å². The summed E-state index contributed by atoms with van der Waals surface area (Å²) in [5.41, 5.74) is 3.45. The Hall–Kier alpha value is -3.66. The van der Waals surface area contributed by atoms with E-state index in [0.717, 1.165) is 11.3 Å². The van der Waals surface area contributed by atoms with E-state index >= 15 is 0 Å². The lowest BCUT2D eigenvalue weighted by Crippen LogP contribution is -2.43. The number of H-pyrrole nitrogens is 2. The molecule has 0 radical (unpaired) electrons. The summed E-state index contributed by atoms with van der Waals surface area (Å²) in [6, 6.07) is 5.18. The number of aromatic amines is 2. The summed E-state index contributed by atoms with van der Waals surface area (Å²) in [6.07, 6.45) is 2.54. The van der Waals surface area contributed by atoms with Crippen LogP contribution in [0.3, 0.4) is 0 Å². The molecule has 0 aromatic carbocycles. The third-order valence-electron chi connectivity index (χ3n) is 6.21. The minimum absolute atomic E-state index is 0.110. The predicted octanol–water partition coefficient (Wildman–Crippen LogP) is 2.61. The Labute approximate surface area is 207 Å². The van der Waals surface area contributed by atoms with Gasteiger partial charge in [-0.1, -0.05) is 11.6 Å². The molecule has 1 saturated heterocycles. The van der Waals surface area contributed by atoms with Crippen LogP contribution in [0.2, 0.25) is 5.02 Å². The molecular weight excluding hydrogens is 472 g/mol. The van der Waals surface area contributed by atoms with Gasteiger partial charge in [0.2, 0.25) is 11.8 Å². The topological polar surface area (TPSA) is 133 Å². The average Bonchev–Trinajstić information content (AvgIpc) is 3.33. The highest BCUT2D eigenvalue weighted by molar-refractivity contribution is 6.33. The number of carbonyl (C=O) groups is 2. The lowest BCUT2D eigenvalue weighted by Gasteiger charge is -2.31. The van der Waals surface area contributed by atoms with Crippen molar-refractivity contribution in [2.75, 3.05) is 20.2 Å². The molecule has 3 aromatic heterocycles. The number of methoxy groups -OCH3 is 1. The zero-order valence-electron chi connectivity index (χ0n) is 19.8. The molecule has 11 heteroatoms. The number of nitrogens with zero attached hydrogens (tertiary/aromatic N) is 3. The molecule has 3 aromatic rings. The largest absolute Gasteiger partial charge is 0.481 e. The molecule has 184 valence electrons. The summed E-state index contributed by atoms with van der Waals surface area (Å²) in [5, 5.41) is 10.3. The van der Waals surface area contributed by atoms with Crippen molar-refractivity contribution < 1.29 is 14.3 Å². The monoisotopic (exact) mass is 498 g/mol. The van der Waals surface area contributed by atoms with Crippen molar-refractivity contribution in [3.63, 3.8) is 0 Å². The molecule has 0 saturated carbocycles. The van der Waals surface area contributed by atoms with E-state index in [4.69, 9.17) is 16.3 Å². The van der Waals surface area contributed by atoms with E-state index in [9.17, 15) is 14.4 Å². The van der Waals surface area contributed by atoms with Crippen molar-refractivity contribution >= 4 is 23.4 Å². The molecule has 0 atom stereocenters. The normalized spacial score (nSPS) is 14.1. The Morgan fingerprint density at radius 2 is 1.97 bits per heavy atom. The summed E-state index contributed by atoms with van der Waals surface area (Å²) in [4.78, 5) is 46.3. The van der Waals surface area contributed by atoms with Gasteiger partial charge in [0.1, 0.15) is 5.69 Å². The van der Waals surface area contributed by atoms with Crippen molar-refractivity contribution in [1.82, 2.24) is 30.4 Å². The third-order valence-corrected chi connectivity index (χ3v) is 6.51. The zero-order valence-corrected chi connectivity index (χ0v) is 20.5. The molecule has 4 heterocycles. The Morgan fingerprint density at radius 1 is 1.23 bits per heavy atom. The van der Waals surface area contributed by atoms with E-state index in [-0.39, 0.29) is 29.8 Å². The number of pyridine rings is 2. The number of carbonyl (C=O) groups excluding carboxylic acids is 2. The first-order valence-electron chi connectivity index (χ1n) is 11.3. The number of ether oxygens (including phenoxy) is 1. The molecular formula is C24H27ClN6O4. The van der Waals surface area contributed by atoms with Crippen LogP contribution in [0.1, 0.15) is 40.2 Å². The Bertz CT molecular complexity index is 1310. The van der Waals surface area contributed by atoms with Crippen LogP contribution in [0.25, 0.3) is 11.3 Å². The van der Waals surface area contributed by atoms with Crippen LogP contribution in [0, 0.1) is 19.8 Å². The predicted molar refractivity (Wildman–Crippen MR) is 130 cm³/mol. The lowest BCUT2D eigenvalue weighted by molar-refractivity contribution is -0.126. The summed E-state index contributed by atoms with van der Waals surface area (Å²) in [6.45, 7) is 4.74. The second-order valence-corrected chi connectivity index (χ2v) is 9.01. The standard InChI is InChI=1S/C24H27ClN6O4/c1-13-8-14(2)28-23(33)17(13)11-27-22(32)15-4-6-31(7-5-15)24(34)20-10-19(29-30-20)16-9-21(35-3)26-12-18(16)25/h8-10,12,15H,4-7,11H2,1-3H3,(H,27,32)(H,28,33)(H,29,30). The maximum atomic E-state index is 13.0. The summed E-state index contributed by atoms with van der Waals surface area (Å²) < 4.78 is 5.14. The molecule has 35 heavy (non-hydrogen) atoms. The Morgan fingerprint density at radius 3 is 2.66 bits per heavy atom. The van der Waals surface area contributed by atoms with Gasteiger partial charge >= 0.3 is 0 Å². The SMILES string of the molecule is COc1cc(-c2cc(C(=O)N3CCC(C(=O)NCc4c(C)cc(C)[nH]c4=O)CC3)[nH]n2)c(Cl)cn1. The van der Waals surface area contributed by atoms with E-state index in [0.29, 0.717) is 59.3 Å². The quantitative estimate of drug-likeness (QED) is 0.478. The van der Waals surface area contributed by atoms with Crippen LogP contribution >= 0.6 is 11.6 Å². The fraction of sp³-hybridized carbons (Fsp3) is 0.375. The van der Waals surface area contributed by atoms with Crippen molar-refractivity contribution in [3.05, 3.63) is 62.3 Å². The van der Waals surface area contributed by atoms with E-state index in [1.165, 1.54) is 13.3 Å². The average molecular weight is 499 g/mol. The smallest absolute Gasteiger partial charge is 0.271 e. The third kappa shape index (κ3) is 5.37. The molecule has 1 aliphatic rings. The van der Waals surface area contributed by atoms with Crippen LogP contribution in [0.5, 0.6) is 5.88 Å². The van der Waals surface area contributed by atoms with Crippen LogP contribution in [-0.2, 0) is 11.3 Å². The second-order valence-electron chi connectivity index (χ2n) is 8.60. The molecule has 4 rings (SSSR count). The Balaban J connectivity index is 1.34. The van der Waals surface area contributed by atoms with Crippen molar-refractivity contribution in [1.29, 1.82) is 0 Å². The second kappa shape index (κ2) is 10.3. The van der Waals surface area contributed by atoms with Crippen LogP contribution in [0.15, 0.2) is 29.2 Å². The molecule has 10 nitrogen and oxygen atoms in total. The summed E-state index contributed by atoms with van der Waals surface area (Å²) in [5.74, 6) is -0.129. The highest BCUT2D eigenvalue weighted by Gasteiger charge is 2.29. The number of aromatic nitrogens is 4. The van der Waals surface area contributed by atoms with Gasteiger partial charge in [-0.25, -0.2) is 4.98 Å². The van der Waals surface area contributed by atoms with Gasteiger partial charge in [0.25, 0.3) is 11.5 Å². The van der Waals surface area contributed by atoms with Gasteiger partial charge in [0, 0.05) is 48.4 Å². The number of hydrogen-bond acceptors (Lipinski definition) is 6. The van der Waals surface area contributed by atoms with Gasteiger partial charge in [-0.15, -0.1) is 0 Å². The number of halogens is 1. The molecule has 0 aliphatic carbocycles. The first-order chi connectivity index (χ1) is 16.8. The number of piperidine rings is 1. The maximum Gasteiger partial charge on any atom is 0.271 e. The fourth-order valence-corrected chi connectivity index (χ4v) is 4.43. The van der Waals surface area contributed by atoms with Gasteiger partial charge < -0.3 is 19.9 Å². The number of rotatable bonds is 6. The highest BCUT2D eigenvalue weighted by atomic mass is 35.5. The van der Waals surface area contributed by atoms with Crippen LogP contribution in [-0.4, -0.2) is 57.1 Å². The highest BCUT2D eigenvalue weighted by Crippen LogP contribution is 2.29. The molecule has 0 spiro atoms. The van der Waals surface area contributed by atoms with Gasteiger partial charge in [0.15, 0.2) is 0 Å². The molecule has 0 bridgehead atoms. The Kier molecular flexibility index (Phi) is 7.20. The van der Waals surface area contributed by atoms with Crippen molar-refractivity contribution in [2.45, 2.75) is 33.2 Å². The maximum absolute atomic E-state index is 13.0. The first-order valence-corrected chi connectivity index (χ1v) is 11.7. The summed E-state index contributed by atoms with van der Waals surface area (Å²) >= 11 is 6.24. The molecule has 1 aliphatic heterocycles. The van der Waals surface area contributed by atoms with Gasteiger partial charge in [-0.05, 0) is 44.4 Å². The molecule has 1 fully saturated rings. The van der Waals surface area contributed by atoms with E-state index in [1.54, 1.807) is 17.0 Å². The number of amides is 2. The molecule has 2 amide bonds. The lowest BCUT2D eigenvalue weighted by atomic mass is 9.95. The zero-order chi connectivity index (χ0) is 25.1. The van der Waals surface area contributed by atoms with E-state index in [2.05, 4.69) is 25.5 Å². The molecule has 0 unspecified atom stereocenters. The number of aryl methyl sites for hydroxylation is 2. The van der Waals surface area contributed by atoms with Gasteiger partial charge in [-0.2, -0.15) is 5.10 Å². The summed E-state index contributed by atoms with van der Waals surface area (Å²) in [7, 11) is 1.51. The van der Waals surface area contributed by atoms with Crippen molar-refractivity contribution in [3.8, 4) is 17.1 Å². The van der Waals surface area contributed by atoms with Gasteiger partial charge in [0.05, 0.1) is 24.0 Å². The first kappa shape index (κ1) is 24.5. The number of likely N-dealkylation sites (tertiary alicyclic amines) is 1. The fourth-order valence-electron chi connectivity index (χ4n) is 4.23. The van der Waals surface area contributed by atoms with Crippen LogP contribution < -0.4 is 15.6 Å². The van der Waals surface area contributed by atoms with Gasteiger partial charge in [-0.3, -0.25) is 19.5 Å². The number of nitrogens with one attached hydrogen (secondary N) is 3. The minimum atomic E-state index is -0.218. The van der Waals surface area contributed by atoms with E-state index in [1.807, 2.05) is 19.9 Å². The molecule has 3 N–H and O–H groups in total. The number of hydrogen-bond donors (Lipinski definition) is 3.